The first-order valence-corrected chi connectivity index (χ1v) is 8.27. The minimum Gasteiger partial charge on any atom is -0.507 e. The third kappa shape index (κ3) is 3.41. The van der Waals surface area contributed by atoms with E-state index in [0.717, 1.165) is 0 Å². The van der Waals surface area contributed by atoms with Gasteiger partial charge in [0.2, 0.25) is 0 Å². The summed E-state index contributed by atoms with van der Waals surface area (Å²) in [7, 11) is 1.50. The first kappa shape index (κ1) is 18.6. The Hall–Kier alpha value is -3.19. The molecule has 0 unspecified atom stereocenters. The van der Waals surface area contributed by atoms with E-state index in [1.54, 1.807) is 24.3 Å². The summed E-state index contributed by atoms with van der Waals surface area (Å²) in [4.78, 5) is 26.2. The van der Waals surface area contributed by atoms with Gasteiger partial charge in [-0.15, -0.1) is 0 Å². The number of carbonyl (C=O) groups is 2. The van der Waals surface area contributed by atoms with E-state index in [9.17, 15) is 24.2 Å². The van der Waals surface area contributed by atoms with E-state index in [1.807, 2.05) is 0 Å². The van der Waals surface area contributed by atoms with Gasteiger partial charge in [0.15, 0.2) is 0 Å². The topological polar surface area (TPSA) is 87.1 Å². The maximum absolute atomic E-state index is 13.3. The molecule has 0 spiro atoms. The summed E-state index contributed by atoms with van der Waals surface area (Å²) in [5, 5.41) is 20.0. The molecule has 1 saturated heterocycles. The maximum atomic E-state index is 13.3. The Kier molecular flexibility index (Phi) is 5.23. The van der Waals surface area contributed by atoms with Crippen LogP contribution in [-0.2, 0) is 9.59 Å². The number of halogens is 1. The number of nitrogens with zero attached hydrogens (tertiary/aromatic N) is 1. The summed E-state index contributed by atoms with van der Waals surface area (Å²) < 4.78 is 18.4. The van der Waals surface area contributed by atoms with Crippen molar-refractivity contribution in [2.45, 2.75) is 6.04 Å². The molecule has 2 N–H and O–H groups in total. The number of amides is 1. The van der Waals surface area contributed by atoms with E-state index in [4.69, 9.17) is 4.74 Å². The average Bonchev–Trinajstić information content (AvgIpc) is 2.93. The fourth-order valence-corrected chi connectivity index (χ4v) is 3.11. The Morgan fingerprint density at radius 2 is 1.74 bits per heavy atom. The first-order chi connectivity index (χ1) is 13.0. The van der Waals surface area contributed by atoms with E-state index in [2.05, 4.69) is 0 Å². The molecule has 2 aromatic carbocycles. The van der Waals surface area contributed by atoms with Gasteiger partial charge < -0.3 is 19.8 Å². The second kappa shape index (κ2) is 7.59. The molecule has 27 heavy (non-hydrogen) atoms. The van der Waals surface area contributed by atoms with Crippen LogP contribution >= 0.6 is 0 Å². The van der Waals surface area contributed by atoms with Gasteiger partial charge in [0.25, 0.3) is 11.7 Å². The Morgan fingerprint density at radius 1 is 1.11 bits per heavy atom. The van der Waals surface area contributed by atoms with Gasteiger partial charge in [-0.1, -0.05) is 12.1 Å². The summed E-state index contributed by atoms with van der Waals surface area (Å²) in [5.74, 6) is -1.92. The molecule has 1 aliphatic rings. The molecule has 0 saturated carbocycles. The average molecular weight is 371 g/mol. The molecule has 1 heterocycles. The molecule has 6 nitrogen and oxygen atoms in total. The van der Waals surface area contributed by atoms with E-state index in [-0.39, 0.29) is 24.5 Å². The second-order valence-corrected chi connectivity index (χ2v) is 6.00. The van der Waals surface area contributed by atoms with Crippen molar-refractivity contribution >= 4 is 17.4 Å². The fourth-order valence-electron chi connectivity index (χ4n) is 3.11. The summed E-state index contributed by atoms with van der Waals surface area (Å²) in [6.07, 6.45) is 0. The van der Waals surface area contributed by atoms with Crippen molar-refractivity contribution in [2.24, 2.45) is 0 Å². The first-order valence-electron chi connectivity index (χ1n) is 8.27. The van der Waals surface area contributed by atoms with Crippen LogP contribution in [-0.4, -0.2) is 47.1 Å². The SMILES string of the molecule is COc1ccc(C(O)=C2C(=O)C(=O)N(CCO)[C@H]2c2ccc(F)cc2)cc1. The normalized spacial score (nSPS) is 18.8. The van der Waals surface area contributed by atoms with Gasteiger partial charge in [0.1, 0.15) is 17.3 Å². The van der Waals surface area contributed by atoms with Gasteiger partial charge in [-0.2, -0.15) is 0 Å². The highest BCUT2D eigenvalue weighted by Crippen LogP contribution is 2.39. The van der Waals surface area contributed by atoms with Crippen molar-refractivity contribution in [1.82, 2.24) is 4.90 Å². The van der Waals surface area contributed by atoms with E-state index >= 15 is 0 Å². The number of rotatable bonds is 5. The standard InChI is InChI=1S/C20H18FNO5/c1-27-15-8-4-13(5-9-15)18(24)16-17(12-2-6-14(21)7-3-12)22(10-11-23)20(26)19(16)25/h2-9,17,23-24H,10-11H2,1H3/t17-/m0/s1. The highest BCUT2D eigenvalue weighted by molar-refractivity contribution is 6.46. The van der Waals surface area contributed by atoms with Crippen LogP contribution in [0.25, 0.3) is 5.76 Å². The lowest BCUT2D eigenvalue weighted by Gasteiger charge is -2.24. The number of hydrogen-bond donors (Lipinski definition) is 2. The molecular weight excluding hydrogens is 353 g/mol. The summed E-state index contributed by atoms with van der Waals surface area (Å²) in [6.45, 7) is -0.445. The van der Waals surface area contributed by atoms with Crippen molar-refractivity contribution in [3.8, 4) is 5.75 Å². The number of aliphatic hydroxyl groups excluding tert-OH is 2. The smallest absolute Gasteiger partial charge is 0.295 e. The number of ketones is 1. The molecule has 1 amide bonds. The lowest BCUT2D eigenvalue weighted by atomic mass is 9.95. The van der Waals surface area contributed by atoms with E-state index in [1.165, 1.54) is 36.3 Å². The number of methoxy groups -OCH3 is 1. The molecule has 1 atom stereocenters. The highest BCUT2D eigenvalue weighted by Gasteiger charge is 2.45. The molecule has 0 radical (unpaired) electrons. The number of benzene rings is 2. The lowest BCUT2D eigenvalue weighted by molar-refractivity contribution is -0.140. The fraction of sp³-hybridized carbons (Fsp3) is 0.200. The maximum Gasteiger partial charge on any atom is 0.295 e. The molecule has 0 aliphatic carbocycles. The van der Waals surface area contributed by atoms with Crippen molar-refractivity contribution in [1.29, 1.82) is 0 Å². The monoisotopic (exact) mass is 371 g/mol. The minimum absolute atomic E-state index is 0.0913. The van der Waals surface area contributed by atoms with Crippen LogP contribution in [0.2, 0.25) is 0 Å². The molecule has 140 valence electrons. The van der Waals surface area contributed by atoms with Crippen LogP contribution in [0.3, 0.4) is 0 Å². The quantitative estimate of drug-likeness (QED) is 0.478. The third-order valence-corrected chi connectivity index (χ3v) is 4.43. The molecule has 7 heteroatoms. The lowest BCUT2D eigenvalue weighted by Crippen LogP contribution is -2.32. The molecule has 3 rings (SSSR count). The Labute approximate surface area is 155 Å². The number of aliphatic hydroxyl groups is 2. The largest absolute Gasteiger partial charge is 0.507 e. The van der Waals surface area contributed by atoms with Crippen molar-refractivity contribution in [2.75, 3.05) is 20.3 Å². The van der Waals surface area contributed by atoms with Crippen LogP contribution in [0.4, 0.5) is 4.39 Å². The number of Topliss-reactive ketones (excluding diaryl/α,β-unsaturated/α-hetero) is 1. The Bertz CT molecular complexity index is 890. The Morgan fingerprint density at radius 3 is 2.30 bits per heavy atom. The number of β-amino-alcohol motifs (C(OH)–C–C–N with tert-alkyl or cyclic N) is 1. The zero-order valence-electron chi connectivity index (χ0n) is 14.6. The number of carbonyl (C=O) groups excluding carboxylic acids is 2. The predicted octanol–water partition coefficient (Wildman–Crippen LogP) is 2.25. The number of ether oxygens (including phenoxy) is 1. The van der Waals surface area contributed by atoms with Crippen molar-refractivity contribution < 1.29 is 28.9 Å². The second-order valence-electron chi connectivity index (χ2n) is 6.00. The van der Waals surface area contributed by atoms with Crippen molar-refractivity contribution in [3.05, 3.63) is 71.0 Å². The molecule has 1 aliphatic heterocycles. The van der Waals surface area contributed by atoms with E-state index in [0.29, 0.717) is 16.9 Å². The van der Waals surface area contributed by atoms with Crippen LogP contribution in [0.15, 0.2) is 54.1 Å². The van der Waals surface area contributed by atoms with Crippen LogP contribution < -0.4 is 4.74 Å². The van der Waals surface area contributed by atoms with Gasteiger partial charge in [0.05, 0.1) is 25.3 Å². The van der Waals surface area contributed by atoms with Gasteiger partial charge >= 0.3 is 0 Å². The van der Waals surface area contributed by atoms with Crippen LogP contribution in [0.5, 0.6) is 5.75 Å². The Balaban J connectivity index is 2.14. The third-order valence-electron chi connectivity index (χ3n) is 4.43. The summed E-state index contributed by atoms with van der Waals surface area (Å²) in [5.41, 5.74) is 0.689. The number of hydrogen-bond acceptors (Lipinski definition) is 5. The zero-order chi connectivity index (χ0) is 19.6. The highest BCUT2D eigenvalue weighted by atomic mass is 19.1. The zero-order valence-corrected chi connectivity index (χ0v) is 14.6. The molecule has 2 aromatic rings. The van der Waals surface area contributed by atoms with Crippen molar-refractivity contribution in [3.63, 3.8) is 0 Å². The summed E-state index contributed by atoms with van der Waals surface area (Å²) >= 11 is 0. The van der Waals surface area contributed by atoms with Gasteiger partial charge in [0, 0.05) is 12.1 Å². The predicted molar refractivity (Wildman–Crippen MR) is 95.5 cm³/mol. The van der Waals surface area contributed by atoms with E-state index < -0.39 is 23.5 Å². The minimum atomic E-state index is -0.917. The number of likely N-dealkylation sites (tertiary alicyclic amines) is 1. The molecule has 0 bridgehead atoms. The summed E-state index contributed by atoms with van der Waals surface area (Å²) in [6, 6.07) is 10.8. The van der Waals surface area contributed by atoms with Gasteiger partial charge in [-0.3, -0.25) is 9.59 Å². The molecule has 1 fully saturated rings. The van der Waals surface area contributed by atoms with Crippen LogP contribution in [0, 0.1) is 5.82 Å². The molecule has 0 aromatic heterocycles. The molecular formula is C20H18FNO5. The van der Waals surface area contributed by atoms with Gasteiger partial charge in [-0.25, -0.2) is 4.39 Å². The van der Waals surface area contributed by atoms with Gasteiger partial charge in [-0.05, 0) is 42.0 Å². The van der Waals surface area contributed by atoms with Crippen LogP contribution in [0.1, 0.15) is 17.2 Å².